The molecule has 0 aliphatic heterocycles. The third kappa shape index (κ3) is 2.30. The Morgan fingerprint density at radius 2 is 2.00 bits per heavy atom. The lowest BCUT2D eigenvalue weighted by atomic mass is 10.2. The Kier molecular flexibility index (Phi) is 3.03. The van der Waals surface area contributed by atoms with Gasteiger partial charge in [-0.2, -0.15) is 0 Å². The molecule has 1 heteroatoms. The summed E-state index contributed by atoms with van der Waals surface area (Å²) in [7, 11) is 0. The lowest BCUT2D eigenvalue weighted by molar-refractivity contribution is 1.45. The molecule has 0 aliphatic rings. The topological polar surface area (TPSA) is 0 Å². The quantitative estimate of drug-likeness (QED) is 0.475. The Labute approximate surface area is 71.6 Å². The minimum absolute atomic E-state index is 1.15. The first-order valence-electron chi connectivity index (χ1n) is 3.36. The summed E-state index contributed by atoms with van der Waals surface area (Å²) in [4.78, 5) is 1.28. The molecule has 0 radical (unpaired) electrons. The molecule has 1 aromatic carbocycles. The van der Waals surface area contributed by atoms with Crippen molar-refractivity contribution in [2.75, 3.05) is 6.26 Å². The summed E-state index contributed by atoms with van der Waals surface area (Å²) in [5, 5.41) is 0. The van der Waals surface area contributed by atoms with E-state index >= 15 is 0 Å². The molecule has 1 aromatic rings. The molecule has 0 atom stereocenters. The van der Waals surface area contributed by atoms with Gasteiger partial charge >= 0.3 is 0 Å². The standard InChI is InChI=1S/C10H10S/c1-3-4-9-5-7-10(11-2)8-6-9/h4-8H,1H2,2H3. The summed E-state index contributed by atoms with van der Waals surface area (Å²) in [6.07, 6.45) is 3.93. The molecule has 0 heterocycles. The van der Waals surface area contributed by atoms with E-state index in [1.807, 2.05) is 6.08 Å². The minimum atomic E-state index is 1.15. The number of hydrogen-bond acceptors (Lipinski definition) is 1. The van der Waals surface area contributed by atoms with Gasteiger partial charge in [0.15, 0.2) is 0 Å². The Hall–Kier alpha value is -0.910. The predicted molar refractivity (Wildman–Crippen MR) is 51.8 cm³/mol. The Morgan fingerprint density at radius 1 is 1.36 bits per heavy atom. The van der Waals surface area contributed by atoms with Gasteiger partial charge in [-0.1, -0.05) is 18.7 Å². The van der Waals surface area contributed by atoms with E-state index in [1.165, 1.54) is 4.90 Å². The van der Waals surface area contributed by atoms with Gasteiger partial charge in [-0.3, -0.25) is 0 Å². The average molecular weight is 162 g/mol. The second-order valence-corrected chi connectivity index (χ2v) is 3.00. The zero-order valence-electron chi connectivity index (χ0n) is 6.50. The third-order valence-corrected chi connectivity index (χ3v) is 2.13. The zero-order valence-corrected chi connectivity index (χ0v) is 7.32. The Morgan fingerprint density at radius 3 is 2.45 bits per heavy atom. The molecule has 0 fully saturated rings. The van der Waals surface area contributed by atoms with E-state index in [0.29, 0.717) is 0 Å². The highest BCUT2D eigenvalue weighted by Gasteiger charge is 1.87. The highest BCUT2D eigenvalue weighted by Crippen LogP contribution is 2.14. The molecular formula is C10H10S. The molecule has 0 amide bonds. The smallest absolute Gasteiger partial charge is 0.00695 e. The normalized spacial score (nSPS) is 8.82. The fourth-order valence-electron chi connectivity index (χ4n) is 0.818. The van der Waals surface area contributed by atoms with Crippen LogP contribution in [0.15, 0.2) is 41.5 Å². The third-order valence-electron chi connectivity index (χ3n) is 1.38. The van der Waals surface area contributed by atoms with Crippen molar-refractivity contribution in [2.24, 2.45) is 0 Å². The maximum atomic E-state index is 3.51. The molecule has 0 aromatic heterocycles. The van der Waals surface area contributed by atoms with Gasteiger partial charge in [-0.25, -0.2) is 0 Å². The van der Waals surface area contributed by atoms with Crippen molar-refractivity contribution >= 4 is 17.8 Å². The summed E-state index contributed by atoms with van der Waals surface area (Å²) < 4.78 is 0. The van der Waals surface area contributed by atoms with Crippen LogP contribution in [0.3, 0.4) is 0 Å². The summed E-state index contributed by atoms with van der Waals surface area (Å²) in [5.41, 5.74) is 3.89. The lowest BCUT2D eigenvalue weighted by Gasteiger charge is -1.94. The van der Waals surface area contributed by atoms with Crippen molar-refractivity contribution in [2.45, 2.75) is 4.90 Å². The molecule has 0 saturated heterocycles. The molecule has 0 spiro atoms. The van der Waals surface area contributed by atoms with Gasteiger partial charge in [-0.15, -0.1) is 17.5 Å². The van der Waals surface area contributed by atoms with Crippen molar-refractivity contribution in [1.29, 1.82) is 0 Å². The van der Waals surface area contributed by atoms with Crippen LogP contribution in [0.1, 0.15) is 5.56 Å². The first kappa shape index (κ1) is 8.19. The highest BCUT2D eigenvalue weighted by atomic mass is 32.2. The van der Waals surface area contributed by atoms with Gasteiger partial charge in [0.05, 0.1) is 0 Å². The van der Waals surface area contributed by atoms with Gasteiger partial charge in [0.2, 0.25) is 0 Å². The van der Waals surface area contributed by atoms with Crippen molar-refractivity contribution in [1.82, 2.24) is 0 Å². The molecule has 56 valence electrons. The number of thioether (sulfide) groups is 1. The maximum Gasteiger partial charge on any atom is 0.00695 e. The van der Waals surface area contributed by atoms with Crippen LogP contribution in [0, 0.1) is 0 Å². The average Bonchev–Trinajstić information content (AvgIpc) is 2.07. The second kappa shape index (κ2) is 4.07. The fraction of sp³-hybridized carbons (Fsp3) is 0.100. The number of hydrogen-bond donors (Lipinski definition) is 0. The predicted octanol–water partition coefficient (Wildman–Crippen LogP) is 3.21. The molecule has 0 unspecified atom stereocenters. The van der Waals surface area contributed by atoms with E-state index < -0.39 is 0 Å². The van der Waals surface area contributed by atoms with Gasteiger partial charge < -0.3 is 0 Å². The van der Waals surface area contributed by atoms with Crippen molar-refractivity contribution in [3.63, 3.8) is 0 Å². The molecule has 0 bridgehead atoms. The van der Waals surface area contributed by atoms with E-state index in [4.69, 9.17) is 0 Å². The van der Waals surface area contributed by atoms with Gasteiger partial charge in [-0.05, 0) is 30.0 Å². The van der Waals surface area contributed by atoms with E-state index in [2.05, 4.69) is 42.8 Å². The van der Waals surface area contributed by atoms with Gasteiger partial charge in [0.1, 0.15) is 0 Å². The monoisotopic (exact) mass is 162 g/mol. The highest BCUT2D eigenvalue weighted by molar-refractivity contribution is 7.98. The number of rotatable bonds is 2. The second-order valence-electron chi connectivity index (χ2n) is 2.12. The molecular weight excluding hydrogens is 152 g/mol. The molecule has 0 N–H and O–H groups in total. The molecule has 0 aliphatic carbocycles. The van der Waals surface area contributed by atoms with Crippen molar-refractivity contribution < 1.29 is 0 Å². The van der Waals surface area contributed by atoms with E-state index in [1.54, 1.807) is 11.8 Å². The molecule has 1 rings (SSSR count). The SMILES string of the molecule is C=C=Cc1ccc(SC)cc1. The first-order chi connectivity index (χ1) is 5.36. The molecule has 11 heavy (non-hydrogen) atoms. The van der Waals surface area contributed by atoms with Crippen LogP contribution in [0.25, 0.3) is 6.08 Å². The summed E-state index contributed by atoms with van der Waals surface area (Å²) in [6, 6.07) is 8.30. The molecule has 0 nitrogen and oxygen atoms in total. The Balaban J connectivity index is 2.91. The fourth-order valence-corrected chi connectivity index (χ4v) is 1.23. The van der Waals surface area contributed by atoms with Crippen LogP contribution < -0.4 is 0 Å². The van der Waals surface area contributed by atoms with E-state index in [-0.39, 0.29) is 0 Å². The van der Waals surface area contributed by atoms with Crippen LogP contribution in [0.4, 0.5) is 0 Å². The lowest BCUT2D eigenvalue weighted by Crippen LogP contribution is -1.71. The van der Waals surface area contributed by atoms with E-state index in [0.717, 1.165) is 5.56 Å². The maximum absolute atomic E-state index is 3.51. The van der Waals surface area contributed by atoms with Crippen LogP contribution >= 0.6 is 11.8 Å². The summed E-state index contributed by atoms with van der Waals surface area (Å²) >= 11 is 1.75. The number of benzene rings is 1. The minimum Gasteiger partial charge on any atom is -0.130 e. The van der Waals surface area contributed by atoms with Gasteiger partial charge in [0, 0.05) is 4.90 Å². The van der Waals surface area contributed by atoms with Crippen molar-refractivity contribution in [3.05, 3.63) is 42.1 Å². The van der Waals surface area contributed by atoms with Crippen LogP contribution in [-0.4, -0.2) is 6.26 Å². The Bertz CT molecular complexity index is 265. The summed E-state index contributed by atoms with van der Waals surface area (Å²) in [5.74, 6) is 0. The van der Waals surface area contributed by atoms with Gasteiger partial charge in [0.25, 0.3) is 0 Å². The van der Waals surface area contributed by atoms with Crippen LogP contribution in [-0.2, 0) is 0 Å². The van der Waals surface area contributed by atoms with Crippen molar-refractivity contribution in [3.8, 4) is 0 Å². The largest absolute Gasteiger partial charge is 0.130 e. The van der Waals surface area contributed by atoms with E-state index in [9.17, 15) is 0 Å². The van der Waals surface area contributed by atoms with Crippen LogP contribution in [0.5, 0.6) is 0 Å². The summed E-state index contributed by atoms with van der Waals surface area (Å²) in [6.45, 7) is 3.51. The molecule has 0 saturated carbocycles. The zero-order chi connectivity index (χ0) is 8.10. The first-order valence-corrected chi connectivity index (χ1v) is 4.59. The van der Waals surface area contributed by atoms with Crippen LogP contribution in [0.2, 0.25) is 0 Å².